The summed E-state index contributed by atoms with van der Waals surface area (Å²) in [5.41, 5.74) is 2.88. The Kier molecular flexibility index (Phi) is 2.87. The highest BCUT2D eigenvalue weighted by molar-refractivity contribution is 5.33. The van der Waals surface area contributed by atoms with Gasteiger partial charge in [0.25, 0.3) is 0 Å². The van der Waals surface area contributed by atoms with Crippen LogP contribution in [0.5, 0.6) is 0 Å². The molecule has 0 bridgehead atoms. The van der Waals surface area contributed by atoms with Crippen molar-refractivity contribution in [3.05, 3.63) is 35.4 Å². The summed E-state index contributed by atoms with van der Waals surface area (Å²) in [4.78, 5) is 2.55. The van der Waals surface area contributed by atoms with Gasteiger partial charge in [-0.05, 0) is 50.3 Å². The zero-order valence-corrected chi connectivity index (χ0v) is 11.0. The van der Waals surface area contributed by atoms with E-state index in [0.29, 0.717) is 6.04 Å². The van der Waals surface area contributed by atoms with Crippen LogP contribution < -0.4 is 0 Å². The van der Waals surface area contributed by atoms with Crippen molar-refractivity contribution in [2.24, 2.45) is 5.41 Å². The van der Waals surface area contributed by atoms with Crippen LogP contribution in [0.25, 0.3) is 0 Å². The van der Waals surface area contributed by atoms with Crippen molar-refractivity contribution in [1.29, 1.82) is 5.26 Å². The van der Waals surface area contributed by atoms with E-state index in [1.807, 2.05) is 0 Å². The maximum atomic E-state index is 9.31. The Hall–Kier alpha value is -1.33. The fourth-order valence-electron chi connectivity index (χ4n) is 3.48. The van der Waals surface area contributed by atoms with Gasteiger partial charge in [0.2, 0.25) is 0 Å². The lowest BCUT2D eigenvalue weighted by molar-refractivity contribution is 0.102. The molecule has 1 saturated heterocycles. The summed E-state index contributed by atoms with van der Waals surface area (Å²) in [7, 11) is 0. The fraction of sp³-hybridized carbons (Fsp3) is 0.562. The number of fused-ring (bicyclic) bond motifs is 1. The van der Waals surface area contributed by atoms with Gasteiger partial charge in [-0.3, -0.25) is 4.90 Å². The van der Waals surface area contributed by atoms with Crippen LogP contribution in [0.1, 0.15) is 30.9 Å². The van der Waals surface area contributed by atoms with E-state index in [1.165, 1.54) is 11.1 Å². The first-order valence-electron chi connectivity index (χ1n) is 6.92. The molecule has 94 valence electrons. The van der Waals surface area contributed by atoms with E-state index in [1.54, 1.807) is 0 Å². The Morgan fingerprint density at radius 1 is 1.28 bits per heavy atom. The summed E-state index contributed by atoms with van der Waals surface area (Å²) < 4.78 is 0. The average Bonchev–Trinajstić information content (AvgIpc) is 2.83. The summed E-state index contributed by atoms with van der Waals surface area (Å²) in [6, 6.07) is 11.9. The van der Waals surface area contributed by atoms with Crippen LogP contribution in [0.3, 0.4) is 0 Å². The van der Waals surface area contributed by atoms with Gasteiger partial charge in [-0.1, -0.05) is 24.3 Å². The molecule has 1 aliphatic carbocycles. The summed E-state index contributed by atoms with van der Waals surface area (Å²) in [6.07, 6.45) is 4.55. The molecule has 2 aliphatic rings. The van der Waals surface area contributed by atoms with Crippen LogP contribution >= 0.6 is 0 Å². The summed E-state index contributed by atoms with van der Waals surface area (Å²) >= 11 is 0. The summed E-state index contributed by atoms with van der Waals surface area (Å²) in [6.45, 7) is 4.22. The highest BCUT2D eigenvalue weighted by Crippen LogP contribution is 2.33. The molecule has 3 rings (SSSR count). The normalized spacial score (nSPS) is 28.9. The molecular formula is C16H20N2. The van der Waals surface area contributed by atoms with Crippen molar-refractivity contribution in [3.8, 4) is 6.07 Å². The monoisotopic (exact) mass is 240 g/mol. The molecule has 0 saturated carbocycles. The first-order chi connectivity index (χ1) is 8.70. The zero-order valence-electron chi connectivity index (χ0n) is 11.0. The van der Waals surface area contributed by atoms with Gasteiger partial charge in [0.15, 0.2) is 0 Å². The minimum Gasteiger partial charge on any atom is -0.298 e. The van der Waals surface area contributed by atoms with Crippen LogP contribution in [0.15, 0.2) is 24.3 Å². The molecule has 18 heavy (non-hydrogen) atoms. The third-order valence-corrected chi connectivity index (χ3v) is 4.54. The van der Waals surface area contributed by atoms with Gasteiger partial charge in [0.05, 0.1) is 11.5 Å². The van der Waals surface area contributed by atoms with E-state index < -0.39 is 0 Å². The predicted molar refractivity (Wildman–Crippen MR) is 72.2 cm³/mol. The number of hydrogen-bond donors (Lipinski definition) is 0. The minimum atomic E-state index is -0.132. The van der Waals surface area contributed by atoms with E-state index in [0.717, 1.165) is 38.8 Å². The highest BCUT2D eigenvalue weighted by Gasteiger charge is 2.35. The number of likely N-dealkylation sites (tertiary alicyclic amines) is 1. The lowest BCUT2D eigenvalue weighted by atomic mass is 9.83. The number of rotatable bonds is 1. The molecule has 0 aromatic heterocycles. The topological polar surface area (TPSA) is 27.0 Å². The smallest absolute Gasteiger partial charge is 0.0700 e. The lowest BCUT2D eigenvalue weighted by Gasteiger charge is -2.39. The van der Waals surface area contributed by atoms with Gasteiger partial charge < -0.3 is 0 Å². The maximum Gasteiger partial charge on any atom is 0.0700 e. The first-order valence-corrected chi connectivity index (χ1v) is 6.92. The molecule has 0 radical (unpaired) electrons. The number of nitriles is 1. The highest BCUT2D eigenvalue weighted by atomic mass is 15.2. The third kappa shape index (κ3) is 2.04. The number of benzene rings is 1. The standard InChI is InChI=1S/C16H20N2/c1-16(11-17)7-4-8-18(12-16)15-9-13-5-2-3-6-14(13)10-15/h2-3,5-6,15H,4,7-10,12H2,1H3/t16-/m1/s1. The second-order valence-corrected chi connectivity index (χ2v) is 6.08. The third-order valence-electron chi connectivity index (χ3n) is 4.54. The van der Waals surface area contributed by atoms with E-state index >= 15 is 0 Å². The summed E-state index contributed by atoms with van der Waals surface area (Å²) in [5, 5.41) is 9.31. The van der Waals surface area contributed by atoms with Crippen LogP contribution in [0, 0.1) is 16.7 Å². The SMILES string of the molecule is C[C@]1(C#N)CCCN(C2Cc3ccccc3C2)C1. The van der Waals surface area contributed by atoms with Gasteiger partial charge >= 0.3 is 0 Å². The minimum absolute atomic E-state index is 0.132. The average molecular weight is 240 g/mol. The molecule has 0 spiro atoms. The first kappa shape index (κ1) is 11.7. The van der Waals surface area contributed by atoms with Crippen LogP contribution in [-0.4, -0.2) is 24.0 Å². The molecule has 2 nitrogen and oxygen atoms in total. The number of hydrogen-bond acceptors (Lipinski definition) is 2. The van der Waals surface area contributed by atoms with Crippen molar-refractivity contribution >= 4 is 0 Å². The van der Waals surface area contributed by atoms with Gasteiger partial charge in [-0.25, -0.2) is 0 Å². The Balaban J connectivity index is 1.73. The number of piperidine rings is 1. The van der Waals surface area contributed by atoms with Gasteiger partial charge in [0, 0.05) is 12.6 Å². The molecule has 0 amide bonds. The molecule has 1 aromatic carbocycles. The van der Waals surface area contributed by atoms with Crippen LogP contribution in [-0.2, 0) is 12.8 Å². The predicted octanol–water partition coefficient (Wildman–Crippen LogP) is 2.78. The molecule has 0 N–H and O–H groups in total. The van der Waals surface area contributed by atoms with Gasteiger partial charge in [-0.2, -0.15) is 5.26 Å². The zero-order chi connectivity index (χ0) is 12.6. The molecule has 1 fully saturated rings. The van der Waals surface area contributed by atoms with E-state index in [4.69, 9.17) is 0 Å². The van der Waals surface area contributed by atoms with Crippen LogP contribution in [0.2, 0.25) is 0 Å². The Labute approximate surface area is 109 Å². The Morgan fingerprint density at radius 2 is 1.94 bits per heavy atom. The largest absolute Gasteiger partial charge is 0.298 e. The molecule has 0 unspecified atom stereocenters. The van der Waals surface area contributed by atoms with Crippen molar-refractivity contribution in [3.63, 3.8) is 0 Å². The maximum absolute atomic E-state index is 9.31. The van der Waals surface area contributed by atoms with Gasteiger partial charge in [-0.15, -0.1) is 0 Å². The van der Waals surface area contributed by atoms with Crippen molar-refractivity contribution in [1.82, 2.24) is 4.90 Å². The van der Waals surface area contributed by atoms with E-state index in [-0.39, 0.29) is 5.41 Å². The molecule has 1 heterocycles. The van der Waals surface area contributed by atoms with Crippen molar-refractivity contribution in [2.75, 3.05) is 13.1 Å². The Bertz CT molecular complexity index is 463. The van der Waals surface area contributed by atoms with E-state index in [2.05, 4.69) is 42.2 Å². The molecule has 1 aromatic rings. The van der Waals surface area contributed by atoms with Crippen molar-refractivity contribution in [2.45, 2.75) is 38.6 Å². The molecular weight excluding hydrogens is 220 g/mol. The van der Waals surface area contributed by atoms with E-state index in [9.17, 15) is 5.26 Å². The Morgan fingerprint density at radius 3 is 2.56 bits per heavy atom. The second kappa shape index (κ2) is 4.40. The molecule has 1 aliphatic heterocycles. The summed E-state index contributed by atoms with van der Waals surface area (Å²) in [5.74, 6) is 0. The fourth-order valence-corrected chi connectivity index (χ4v) is 3.48. The molecule has 1 atom stereocenters. The van der Waals surface area contributed by atoms with Crippen LogP contribution in [0.4, 0.5) is 0 Å². The molecule has 2 heteroatoms. The lowest BCUT2D eigenvalue weighted by Crippen LogP contribution is -2.46. The van der Waals surface area contributed by atoms with Crippen molar-refractivity contribution < 1.29 is 0 Å². The van der Waals surface area contributed by atoms with Gasteiger partial charge in [0.1, 0.15) is 0 Å². The quantitative estimate of drug-likeness (QED) is 0.754. The second-order valence-electron chi connectivity index (χ2n) is 6.08. The number of nitrogens with zero attached hydrogens (tertiary/aromatic N) is 2.